The first-order chi connectivity index (χ1) is 7.70. The molecule has 0 spiro atoms. The minimum atomic E-state index is -0.375. The third-order valence-electron chi connectivity index (χ3n) is 2.87. The van der Waals surface area contributed by atoms with Gasteiger partial charge in [-0.05, 0) is 17.7 Å². The van der Waals surface area contributed by atoms with Crippen molar-refractivity contribution in [2.45, 2.75) is 31.3 Å². The Labute approximate surface area is 104 Å². The van der Waals surface area contributed by atoms with E-state index >= 15 is 0 Å². The Balaban J connectivity index is 1.82. The van der Waals surface area contributed by atoms with Gasteiger partial charge in [-0.15, -0.1) is 0 Å². The molecule has 88 valence electrons. The molecule has 0 aromatic heterocycles. The smallest absolute Gasteiger partial charge is 0.109 e. The summed E-state index contributed by atoms with van der Waals surface area (Å²) in [5.41, 5.74) is 1.12. The van der Waals surface area contributed by atoms with Crippen molar-refractivity contribution in [2.75, 3.05) is 7.11 Å². The highest BCUT2D eigenvalue weighted by atomic mass is 79.9. The maximum Gasteiger partial charge on any atom is 0.109 e. The normalized spacial score (nSPS) is 28.8. The van der Waals surface area contributed by atoms with E-state index in [-0.39, 0.29) is 18.3 Å². The topological polar surface area (TPSA) is 38.7 Å². The van der Waals surface area contributed by atoms with Crippen molar-refractivity contribution in [3.63, 3.8) is 0 Å². The molecule has 0 amide bonds. The second-order valence-electron chi connectivity index (χ2n) is 3.98. The fourth-order valence-electron chi connectivity index (χ4n) is 1.81. The summed E-state index contributed by atoms with van der Waals surface area (Å²) in [6, 6.07) is 8.01. The number of hydrogen-bond donors (Lipinski definition) is 1. The van der Waals surface area contributed by atoms with Crippen molar-refractivity contribution in [1.82, 2.24) is 0 Å². The van der Waals surface area contributed by atoms with Gasteiger partial charge in [0, 0.05) is 18.0 Å². The summed E-state index contributed by atoms with van der Waals surface area (Å²) < 4.78 is 11.9. The molecule has 1 aliphatic rings. The Morgan fingerprint density at radius 3 is 2.62 bits per heavy atom. The van der Waals surface area contributed by atoms with Crippen LogP contribution in [0, 0.1) is 0 Å². The van der Waals surface area contributed by atoms with Gasteiger partial charge in [-0.3, -0.25) is 0 Å². The fraction of sp³-hybridized carbons (Fsp3) is 0.500. The van der Waals surface area contributed by atoms with Crippen molar-refractivity contribution in [2.24, 2.45) is 0 Å². The Hall–Kier alpha value is -0.420. The van der Waals surface area contributed by atoms with E-state index in [4.69, 9.17) is 9.47 Å². The first kappa shape index (κ1) is 12.0. The number of ether oxygens (including phenoxy) is 2. The second kappa shape index (κ2) is 5.27. The summed E-state index contributed by atoms with van der Waals surface area (Å²) in [6.45, 7) is 0.560. The van der Waals surface area contributed by atoms with Crippen LogP contribution in [-0.4, -0.2) is 30.5 Å². The maximum absolute atomic E-state index is 9.40. The van der Waals surface area contributed by atoms with E-state index in [0.717, 1.165) is 10.0 Å². The van der Waals surface area contributed by atoms with Crippen molar-refractivity contribution in [1.29, 1.82) is 0 Å². The molecule has 0 radical (unpaired) electrons. The van der Waals surface area contributed by atoms with Gasteiger partial charge in [-0.1, -0.05) is 28.1 Å². The van der Waals surface area contributed by atoms with Crippen LogP contribution < -0.4 is 0 Å². The summed E-state index contributed by atoms with van der Waals surface area (Å²) in [4.78, 5) is 0. The number of benzene rings is 1. The zero-order chi connectivity index (χ0) is 11.5. The van der Waals surface area contributed by atoms with Crippen LogP contribution in [0.25, 0.3) is 0 Å². The van der Waals surface area contributed by atoms with Gasteiger partial charge in [0.2, 0.25) is 0 Å². The van der Waals surface area contributed by atoms with Crippen LogP contribution in [0.1, 0.15) is 12.0 Å². The molecule has 1 fully saturated rings. The number of rotatable bonds is 4. The van der Waals surface area contributed by atoms with Crippen LogP contribution in [0.3, 0.4) is 0 Å². The zero-order valence-electron chi connectivity index (χ0n) is 9.10. The Morgan fingerprint density at radius 1 is 1.38 bits per heavy atom. The molecule has 1 aromatic rings. The molecule has 0 aliphatic heterocycles. The molecule has 1 aromatic carbocycles. The average molecular weight is 287 g/mol. The molecule has 0 heterocycles. The largest absolute Gasteiger partial charge is 0.390 e. The lowest BCUT2D eigenvalue weighted by Crippen LogP contribution is -2.53. The van der Waals surface area contributed by atoms with Crippen LogP contribution in [0.2, 0.25) is 0 Å². The number of aliphatic hydroxyl groups excluding tert-OH is 1. The Kier molecular flexibility index (Phi) is 3.97. The predicted molar refractivity (Wildman–Crippen MR) is 64.1 cm³/mol. The summed E-state index contributed by atoms with van der Waals surface area (Å²) in [5.74, 6) is 0. The minimum absolute atomic E-state index is 0.0173. The van der Waals surface area contributed by atoms with E-state index in [1.54, 1.807) is 7.11 Å². The maximum atomic E-state index is 9.40. The van der Waals surface area contributed by atoms with Gasteiger partial charge in [0.1, 0.15) is 6.10 Å². The SMILES string of the molecule is COC1C(O)CC1OCc1ccc(Br)cc1. The van der Waals surface area contributed by atoms with E-state index in [2.05, 4.69) is 15.9 Å². The summed E-state index contributed by atoms with van der Waals surface area (Å²) in [7, 11) is 1.60. The lowest BCUT2D eigenvalue weighted by Gasteiger charge is -2.39. The molecule has 1 saturated carbocycles. The van der Waals surface area contributed by atoms with Crippen molar-refractivity contribution >= 4 is 15.9 Å². The van der Waals surface area contributed by atoms with Gasteiger partial charge in [0.05, 0.1) is 18.8 Å². The molecule has 1 aliphatic carbocycles. The molecule has 3 nitrogen and oxygen atoms in total. The number of halogens is 1. The molecule has 2 rings (SSSR count). The van der Waals surface area contributed by atoms with Crippen molar-refractivity contribution in [3.05, 3.63) is 34.3 Å². The Morgan fingerprint density at radius 2 is 2.06 bits per heavy atom. The van der Waals surface area contributed by atoms with Crippen molar-refractivity contribution < 1.29 is 14.6 Å². The molecular weight excluding hydrogens is 272 g/mol. The fourth-order valence-corrected chi connectivity index (χ4v) is 2.08. The van der Waals surface area contributed by atoms with E-state index < -0.39 is 0 Å². The van der Waals surface area contributed by atoms with E-state index in [1.165, 1.54) is 0 Å². The van der Waals surface area contributed by atoms with Gasteiger partial charge in [-0.25, -0.2) is 0 Å². The summed E-state index contributed by atoms with van der Waals surface area (Å²) in [5, 5.41) is 9.40. The zero-order valence-corrected chi connectivity index (χ0v) is 10.7. The van der Waals surface area contributed by atoms with E-state index in [1.807, 2.05) is 24.3 Å². The monoisotopic (exact) mass is 286 g/mol. The molecular formula is C12H15BrO3. The molecule has 3 atom stereocenters. The van der Waals surface area contributed by atoms with Crippen LogP contribution >= 0.6 is 15.9 Å². The standard InChI is InChI=1S/C12H15BrO3/c1-15-12-10(14)6-11(12)16-7-8-2-4-9(13)5-3-8/h2-5,10-12,14H,6-7H2,1H3. The minimum Gasteiger partial charge on any atom is -0.390 e. The summed E-state index contributed by atoms with van der Waals surface area (Å²) in [6.07, 6.45) is 0.133. The van der Waals surface area contributed by atoms with Gasteiger partial charge in [-0.2, -0.15) is 0 Å². The third kappa shape index (κ3) is 2.63. The second-order valence-corrected chi connectivity index (χ2v) is 4.89. The molecule has 4 heteroatoms. The van der Waals surface area contributed by atoms with Crippen LogP contribution in [-0.2, 0) is 16.1 Å². The van der Waals surface area contributed by atoms with E-state index in [0.29, 0.717) is 13.0 Å². The number of methoxy groups -OCH3 is 1. The van der Waals surface area contributed by atoms with Crippen LogP contribution in [0.5, 0.6) is 0 Å². The van der Waals surface area contributed by atoms with Crippen LogP contribution in [0.15, 0.2) is 28.7 Å². The highest BCUT2D eigenvalue weighted by Gasteiger charge is 2.41. The lowest BCUT2D eigenvalue weighted by molar-refractivity contribution is -0.185. The third-order valence-corrected chi connectivity index (χ3v) is 3.40. The number of hydrogen-bond acceptors (Lipinski definition) is 3. The van der Waals surface area contributed by atoms with Crippen LogP contribution in [0.4, 0.5) is 0 Å². The molecule has 3 unspecified atom stereocenters. The molecule has 0 saturated heterocycles. The average Bonchev–Trinajstić information content (AvgIpc) is 2.26. The summed E-state index contributed by atoms with van der Waals surface area (Å²) >= 11 is 3.39. The quantitative estimate of drug-likeness (QED) is 0.922. The van der Waals surface area contributed by atoms with Gasteiger partial charge in [0.15, 0.2) is 0 Å². The predicted octanol–water partition coefficient (Wildman–Crippen LogP) is 2.11. The van der Waals surface area contributed by atoms with Gasteiger partial charge < -0.3 is 14.6 Å². The highest BCUT2D eigenvalue weighted by Crippen LogP contribution is 2.27. The molecule has 1 N–H and O–H groups in total. The lowest BCUT2D eigenvalue weighted by atomic mass is 9.88. The van der Waals surface area contributed by atoms with Gasteiger partial charge >= 0.3 is 0 Å². The highest BCUT2D eigenvalue weighted by molar-refractivity contribution is 9.10. The first-order valence-corrected chi connectivity index (χ1v) is 6.07. The van der Waals surface area contributed by atoms with Crippen molar-refractivity contribution in [3.8, 4) is 0 Å². The number of aliphatic hydroxyl groups is 1. The molecule has 0 bridgehead atoms. The Bertz CT molecular complexity index is 339. The van der Waals surface area contributed by atoms with Gasteiger partial charge in [0.25, 0.3) is 0 Å². The molecule has 16 heavy (non-hydrogen) atoms. The first-order valence-electron chi connectivity index (χ1n) is 5.27. The van der Waals surface area contributed by atoms with E-state index in [9.17, 15) is 5.11 Å².